The molecule has 3 aliphatic rings. The van der Waals surface area contributed by atoms with E-state index in [4.69, 9.17) is 0 Å². The van der Waals surface area contributed by atoms with Crippen LogP contribution in [0.3, 0.4) is 0 Å². The molecule has 3 heterocycles. The lowest BCUT2D eigenvalue weighted by molar-refractivity contribution is -0.160. The Hall–Kier alpha value is -2.54. The van der Waals surface area contributed by atoms with E-state index in [0.29, 0.717) is 37.5 Å². The number of piperidine rings is 1. The molecule has 2 aromatic rings. The van der Waals surface area contributed by atoms with Gasteiger partial charge in [-0.1, -0.05) is 44.9 Å². The summed E-state index contributed by atoms with van der Waals surface area (Å²) in [6, 6.07) is 3.73. The second-order valence-corrected chi connectivity index (χ2v) is 11.1. The zero-order valence-electron chi connectivity index (χ0n) is 20.7. The molecular formula is C28H38N4O3. The normalized spacial score (nSPS) is 24.7. The first-order valence-corrected chi connectivity index (χ1v) is 13.5. The summed E-state index contributed by atoms with van der Waals surface area (Å²) in [5.74, 6) is 0.938. The zero-order chi connectivity index (χ0) is 24.3. The zero-order valence-corrected chi connectivity index (χ0v) is 20.7. The van der Waals surface area contributed by atoms with Crippen molar-refractivity contribution in [2.75, 3.05) is 13.1 Å². The fraction of sp³-hybridized carbons (Fsp3) is 0.643. The molecule has 2 saturated carbocycles. The quantitative estimate of drug-likeness (QED) is 0.673. The molecule has 7 nitrogen and oxygen atoms in total. The number of nitrogens with zero attached hydrogens (tertiary/aromatic N) is 4. The Bertz CT molecular complexity index is 1070. The summed E-state index contributed by atoms with van der Waals surface area (Å²) in [5.41, 5.74) is -0.0215. The lowest BCUT2D eigenvalue weighted by Gasteiger charge is -2.52. The standard InChI is InChI=1S/C28H38N4O3/c33-25(9-8-22-6-2-1-3-7-22)31-17-14-28(35,27(20-31)12-4-5-13-27)21-32-19-24(30-18-26(32)34)23-10-15-29-16-11-23/h10-11,15-16,18-19,22,35H,1-9,12-14,17,20-21H2. The third-order valence-electron chi connectivity index (χ3n) is 8.96. The summed E-state index contributed by atoms with van der Waals surface area (Å²) in [6.07, 6.45) is 19.0. The lowest BCUT2D eigenvalue weighted by Crippen LogP contribution is -2.62. The highest BCUT2D eigenvalue weighted by Gasteiger charge is 2.55. The highest BCUT2D eigenvalue weighted by Crippen LogP contribution is 2.51. The van der Waals surface area contributed by atoms with Crippen molar-refractivity contribution in [3.63, 3.8) is 0 Å². The largest absolute Gasteiger partial charge is 0.387 e. The molecule has 1 N–H and O–H groups in total. The van der Waals surface area contributed by atoms with E-state index in [1.807, 2.05) is 17.0 Å². The molecule has 3 fully saturated rings. The van der Waals surface area contributed by atoms with Crippen molar-refractivity contribution in [2.45, 2.75) is 89.2 Å². The summed E-state index contributed by atoms with van der Waals surface area (Å²) < 4.78 is 1.61. The molecule has 7 heteroatoms. The maximum atomic E-state index is 13.2. The van der Waals surface area contributed by atoms with Gasteiger partial charge in [0.05, 0.1) is 24.0 Å². The van der Waals surface area contributed by atoms with Crippen molar-refractivity contribution in [3.05, 3.63) is 47.3 Å². The predicted octanol–water partition coefficient (Wildman–Crippen LogP) is 4.19. The maximum absolute atomic E-state index is 13.2. The van der Waals surface area contributed by atoms with Crippen molar-refractivity contribution in [2.24, 2.45) is 11.3 Å². The second kappa shape index (κ2) is 10.2. The Morgan fingerprint density at radius 1 is 1.06 bits per heavy atom. The molecule has 1 amide bonds. The molecule has 0 radical (unpaired) electrons. The fourth-order valence-corrected chi connectivity index (χ4v) is 6.79. The fourth-order valence-electron chi connectivity index (χ4n) is 6.79. The van der Waals surface area contributed by atoms with Crippen molar-refractivity contribution >= 4 is 5.91 Å². The van der Waals surface area contributed by atoms with Crippen LogP contribution in [0.1, 0.15) is 77.0 Å². The number of pyridine rings is 1. The van der Waals surface area contributed by atoms with Crippen LogP contribution in [0.4, 0.5) is 0 Å². The monoisotopic (exact) mass is 478 g/mol. The number of rotatable bonds is 6. The van der Waals surface area contributed by atoms with Crippen LogP contribution >= 0.6 is 0 Å². The van der Waals surface area contributed by atoms with Crippen LogP contribution in [0.15, 0.2) is 41.7 Å². The Labute approximate surface area is 207 Å². The van der Waals surface area contributed by atoms with Crippen LogP contribution in [0, 0.1) is 11.3 Å². The van der Waals surface area contributed by atoms with Crippen molar-refractivity contribution in [3.8, 4) is 11.3 Å². The van der Waals surface area contributed by atoms with Crippen molar-refractivity contribution in [1.82, 2.24) is 19.4 Å². The van der Waals surface area contributed by atoms with E-state index in [1.165, 1.54) is 38.3 Å². The molecule has 0 aromatic carbocycles. The van der Waals surface area contributed by atoms with Gasteiger partial charge < -0.3 is 14.6 Å². The van der Waals surface area contributed by atoms with E-state index in [2.05, 4.69) is 9.97 Å². The van der Waals surface area contributed by atoms with E-state index in [0.717, 1.165) is 37.7 Å². The number of aromatic nitrogens is 3. The summed E-state index contributed by atoms with van der Waals surface area (Å²) in [6.45, 7) is 1.39. The van der Waals surface area contributed by atoms with Gasteiger partial charge in [-0.3, -0.25) is 14.6 Å². The van der Waals surface area contributed by atoms with Gasteiger partial charge in [0.2, 0.25) is 5.91 Å². The number of hydrogen-bond donors (Lipinski definition) is 1. The van der Waals surface area contributed by atoms with E-state index < -0.39 is 5.60 Å². The molecule has 5 rings (SSSR count). The van der Waals surface area contributed by atoms with E-state index in [-0.39, 0.29) is 23.4 Å². The van der Waals surface area contributed by atoms with Crippen LogP contribution < -0.4 is 5.56 Å². The van der Waals surface area contributed by atoms with E-state index in [1.54, 1.807) is 23.2 Å². The van der Waals surface area contributed by atoms with Crippen LogP contribution in [-0.4, -0.2) is 49.1 Å². The highest BCUT2D eigenvalue weighted by molar-refractivity contribution is 5.76. The lowest BCUT2D eigenvalue weighted by atomic mass is 9.65. The van der Waals surface area contributed by atoms with Gasteiger partial charge in [-0.2, -0.15) is 0 Å². The first-order chi connectivity index (χ1) is 17.0. The number of likely N-dealkylation sites (tertiary alicyclic amines) is 1. The SMILES string of the molecule is O=C(CCC1CCCCC1)N1CCC(O)(Cn2cc(-c3ccncc3)ncc2=O)C2(CCCC2)C1. The summed E-state index contributed by atoms with van der Waals surface area (Å²) in [7, 11) is 0. The van der Waals surface area contributed by atoms with E-state index in [9.17, 15) is 14.7 Å². The average Bonchev–Trinajstić information content (AvgIpc) is 3.37. The van der Waals surface area contributed by atoms with Crippen molar-refractivity contribution < 1.29 is 9.90 Å². The maximum Gasteiger partial charge on any atom is 0.269 e. The van der Waals surface area contributed by atoms with Crippen molar-refractivity contribution in [1.29, 1.82) is 0 Å². The smallest absolute Gasteiger partial charge is 0.269 e. The molecule has 1 unspecified atom stereocenters. The minimum atomic E-state index is -1.02. The van der Waals surface area contributed by atoms with Gasteiger partial charge in [0.1, 0.15) is 0 Å². The van der Waals surface area contributed by atoms with Crippen LogP contribution in [0.2, 0.25) is 0 Å². The molecule has 1 atom stereocenters. The molecule has 188 valence electrons. The summed E-state index contributed by atoms with van der Waals surface area (Å²) >= 11 is 0. The summed E-state index contributed by atoms with van der Waals surface area (Å²) in [5, 5.41) is 12.1. The van der Waals surface area contributed by atoms with Crippen LogP contribution in [0.5, 0.6) is 0 Å². The van der Waals surface area contributed by atoms with E-state index >= 15 is 0 Å². The van der Waals surface area contributed by atoms with Gasteiger partial charge in [0, 0.05) is 49.1 Å². The molecule has 1 saturated heterocycles. The molecule has 2 aromatic heterocycles. The minimum Gasteiger partial charge on any atom is -0.387 e. The number of hydrogen-bond acceptors (Lipinski definition) is 5. The Kier molecular flexibility index (Phi) is 7.05. The molecule has 2 aliphatic carbocycles. The second-order valence-electron chi connectivity index (χ2n) is 11.1. The molecule has 0 bridgehead atoms. The molecule has 1 spiro atoms. The average molecular weight is 479 g/mol. The minimum absolute atomic E-state index is 0.213. The Balaban J connectivity index is 1.32. The Morgan fingerprint density at radius 3 is 2.54 bits per heavy atom. The highest BCUT2D eigenvalue weighted by atomic mass is 16.3. The van der Waals surface area contributed by atoms with Gasteiger partial charge in [-0.25, -0.2) is 4.98 Å². The van der Waals surface area contributed by atoms with Crippen LogP contribution in [0.25, 0.3) is 11.3 Å². The summed E-state index contributed by atoms with van der Waals surface area (Å²) in [4.78, 5) is 36.3. The van der Waals surface area contributed by atoms with Gasteiger partial charge in [0.15, 0.2) is 0 Å². The first-order valence-electron chi connectivity index (χ1n) is 13.5. The molecular weight excluding hydrogens is 440 g/mol. The molecule has 1 aliphatic heterocycles. The number of carbonyl (C=O) groups excluding carboxylic acids is 1. The number of carbonyl (C=O) groups is 1. The third kappa shape index (κ3) is 5.06. The van der Waals surface area contributed by atoms with Gasteiger partial charge in [0.25, 0.3) is 5.56 Å². The number of amides is 1. The van der Waals surface area contributed by atoms with Crippen LogP contribution in [-0.2, 0) is 11.3 Å². The number of aliphatic hydroxyl groups is 1. The van der Waals surface area contributed by atoms with Gasteiger partial charge in [-0.05, 0) is 43.7 Å². The Morgan fingerprint density at radius 2 is 1.80 bits per heavy atom. The molecule has 35 heavy (non-hydrogen) atoms. The van der Waals surface area contributed by atoms with Gasteiger partial charge in [-0.15, -0.1) is 0 Å². The predicted molar refractivity (Wildman–Crippen MR) is 135 cm³/mol. The first kappa shape index (κ1) is 24.2. The topological polar surface area (TPSA) is 88.3 Å². The third-order valence-corrected chi connectivity index (χ3v) is 8.96. The van der Waals surface area contributed by atoms with Gasteiger partial charge >= 0.3 is 0 Å².